The fraction of sp³-hybridized carbons (Fsp3) is 0.462. The SMILES string of the molecule is O[C@@H]1CN(Cc2cncs2)C[C@H]1Cc1cnccn1. The zero-order chi connectivity index (χ0) is 13.1. The van der Waals surface area contributed by atoms with Gasteiger partial charge in [0.2, 0.25) is 0 Å². The molecule has 5 nitrogen and oxygen atoms in total. The molecule has 0 aromatic carbocycles. The molecule has 3 heterocycles. The van der Waals surface area contributed by atoms with E-state index in [0.717, 1.165) is 31.7 Å². The summed E-state index contributed by atoms with van der Waals surface area (Å²) in [6.07, 6.45) is 7.55. The molecule has 0 aliphatic carbocycles. The van der Waals surface area contributed by atoms with Crippen LogP contribution < -0.4 is 0 Å². The maximum atomic E-state index is 10.1. The Morgan fingerprint density at radius 1 is 1.26 bits per heavy atom. The van der Waals surface area contributed by atoms with E-state index in [1.54, 1.807) is 29.9 Å². The molecule has 0 bridgehead atoms. The minimum atomic E-state index is -0.282. The van der Waals surface area contributed by atoms with Gasteiger partial charge in [-0.1, -0.05) is 0 Å². The average molecular weight is 276 g/mol. The first kappa shape index (κ1) is 12.7. The van der Waals surface area contributed by atoms with Crippen molar-refractivity contribution < 1.29 is 5.11 Å². The van der Waals surface area contributed by atoms with E-state index >= 15 is 0 Å². The van der Waals surface area contributed by atoms with Gasteiger partial charge in [-0.3, -0.25) is 19.9 Å². The number of hydrogen-bond acceptors (Lipinski definition) is 6. The molecule has 3 rings (SSSR count). The molecule has 19 heavy (non-hydrogen) atoms. The van der Waals surface area contributed by atoms with Crippen LogP contribution >= 0.6 is 11.3 Å². The van der Waals surface area contributed by atoms with Crippen LogP contribution in [0.2, 0.25) is 0 Å². The van der Waals surface area contributed by atoms with Crippen molar-refractivity contribution in [3.63, 3.8) is 0 Å². The molecule has 0 amide bonds. The quantitative estimate of drug-likeness (QED) is 0.901. The highest BCUT2D eigenvalue weighted by molar-refractivity contribution is 7.09. The molecule has 1 aliphatic heterocycles. The number of thiazole rings is 1. The first-order chi connectivity index (χ1) is 9.31. The normalized spacial score (nSPS) is 23.8. The number of rotatable bonds is 4. The van der Waals surface area contributed by atoms with Gasteiger partial charge in [0, 0.05) is 55.2 Å². The number of aliphatic hydroxyl groups excluding tert-OH is 1. The molecule has 2 aromatic rings. The van der Waals surface area contributed by atoms with E-state index in [2.05, 4.69) is 19.9 Å². The van der Waals surface area contributed by atoms with Gasteiger partial charge in [0.25, 0.3) is 0 Å². The first-order valence-corrected chi connectivity index (χ1v) is 7.22. The lowest BCUT2D eigenvalue weighted by molar-refractivity contribution is 0.140. The van der Waals surface area contributed by atoms with Gasteiger partial charge in [0.1, 0.15) is 0 Å². The summed E-state index contributed by atoms with van der Waals surface area (Å²) in [6.45, 7) is 2.50. The van der Waals surface area contributed by atoms with Crippen molar-refractivity contribution in [1.29, 1.82) is 0 Å². The Morgan fingerprint density at radius 2 is 2.21 bits per heavy atom. The second-order valence-electron chi connectivity index (χ2n) is 4.89. The average Bonchev–Trinajstić information content (AvgIpc) is 3.02. The lowest BCUT2D eigenvalue weighted by Crippen LogP contribution is -2.20. The monoisotopic (exact) mass is 276 g/mol. The van der Waals surface area contributed by atoms with E-state index in [0.29, 0.717) is 0 Å². The van der Waals surface area contributed by atoms with Gasteiger partial charge in [-0.2, -0.15) is 0 Å². The summed E-state index contributed by atoms with van der Waals surface area (Å²) in [5.41, 5.74) is 2.80. The third-order valence-corrected chi connectivity index (χ3v) is 4.20. The predicted molar refractivity (Wildman–Crippen MR) is 72.6 cm³/mol. The van der Waals surface area contributed by atoms with Crippen LogP contribution in [0.4, 0.5) is 0 Å². The molecule has 0 unspecified atom stereocenters. The molecule has 2 atom stereocenters. The number of hydrogen-bond donors (Lipinski definition) is 1. The Hall–Kier alpha value is -1.37. The number of likely N-dealkylation sites (tertiary alicyclic amines) is 1. The Balaban J connectivity index is 1.59. The minimum Gasteiger partial charge on any atom is -0.391 e. The van der Waals surface area contributed by atoms with Gasteiger partial charge >= 0.3 is 0 Å². The highest BCUT2D eigenvalue weighted by Gasteiger charge is 2.31. The van der Waals surface area contributed by atoms with Crippen molar-refractivity contribution in [3.8, 4) is 0 Å². The maximum Gasteiger partial charge on any atom is 0.0794 e. The highest BCUT2D eigenvalue weighted by atomic mass is 32.1. The zero-order valence-electron chi connectivity index (χ0n) is 10.5. The third-order valence-electron chi connectivity index (χ3n) is 3.43. The molecule has 0 saturated carbocycles. The van der Waals surface area contributed by atoms with Crippen molar-refractivity contribution in [1.82, 2.24) is 19.9 Å². The summed E-state index contributed by atoms with van der Waals surface area (Å²) in [5.74, 6) is 0.240. The van der Waals surface area contributed by atoms with Crippen LogP contribution in [0.5, 0.6) is 0 Å². The lowest BCUT2D eigenvalue weighted by Gasteiger charge is -2.13. The van der Waals surface area contributed by atoms with Crippen LogP contribution in [-0.2, 0) is 13.0 Å². The Bertz CT molecular complexity index is 505. The van der Waals surface area contributed by atoms with E-state index in [9.17, 15) is 5.11 Å². The molecule has 100 valence electrons. The van der Waals surface area contributed by atoms with Crippen LogP contribution in [0, 0.1) is 5.92 Å². The highest BCUT2D eigenvalue weighted by Crippen LogP contribution is 2.23. The van der Waals surface area contributed by atoms with E-state index in [1.165, 1.54) is 4.88 Å². The zero-order valence-corrected chi connectivity index (χ0v) is 11.3. The van der Waals surface area contributed by atoms with Crippen LogP contribution in [0.15, 0.2) is 30.3 Å². The smallest absolute Gasteiger partial charge is 0.0794 e. The van der Waals surface area contributed by atoms with Crippen molar-refractivity contribution >= 4 is 11.3 Å². The van der Waals surface area contributed by atoms with Crippen LogP contribution in [0.1, 0.15) is 10.6 Å². The summed E-state index contributed by atoms with van der Waals surface area (Å²) in [7, 11) is 0. The maximum absolute atomic E-state index is 10.1. The van der Waals surface area contributed by atoms with Gasteiger partial charge in [0.05, 0.1) is 17.3 Å². The summed E-state index contributed by atoms with van der Waals surface area (Å²) < 4.78 is 0. The fourth-order valence-electron chi connectivity index (χ4n) is 2.52. The molecule has 1 saturated heterocycles. The topological polar surface area (TPSA) is 62.1 Å². The number of aliphatic hydroxyl groups is 1. The van der Waals surface area contributed by atoms with Crippen LogP contribution in [-0.4, -0.2) is 44.2 Å². The van der Waals surface area contributed by atoms with Crippen molar-refractivity contribution in [2.24, 2.45) is 5.92 Å². The summed E-state index contributed by atoms with van der Waals surface area (Å²) in [5, 5.41) is 10.1. The molecule has 0 radical (unpaired) electrons. The number of β-amino-alcohol motifs (C(OH)–C–C–N with tert-alkyl or cyclic N) is 1. The van der Waals surface area contributed by atoms with Crippen molar-refractivity contribution in [3.05, 3.63) is 40.9 Å². The molecule has 1 fully saturated rings. The van der Waals surface area contributed by atoms with Crippen LogP contribution in [0.3, 0.4) is 0 Å². The van der Waals surface area contributed by atoms with Gasteiger partial charge in [-0.25, -0.2) is 0 Å². The second-order valence-corrected chi connectivity index (χ2v) is 5.86. The minimum absolute atomic E-state index is 0.240. The first-order valence-electron chi connectivity index (χ1n) is 6.34. The van der Waals surface area contributed by atoms with Gasteiger partial charge in [-0.15, -0.1) is 11.3 Å². The molecule has 0 spiro atoms. The summed E-state index contributed by atoms with van der Waals surface area (Å²) >= 11 is 1.66. The largest absolute Gasteiger partial charge is 0.391 e. The van der Waals surface area contributed by atoms with Crippen molar-refractivity contribution in [2.75, 3.05) is 13.1 Å². The molecular weight excluding hydrogens is 260 g/mol. The van der Waals surface area contributed by atoms with Gasteiger partial charge < -0.3 is 5.11 Å². The Labute approximate surface area is 116 Å². The Morgan fingerprint density at radius 3 is 2.95 bits per heavy atom. The van der Waals surface area contributed by atoms with E-state index in [4.69, 9.17) is 0 Å². The van der Waals surface area contributed by atoms with Gasteiger partial charge in [-0.05, 0) is 6.42 Å². The molecule has 1 N–H and O–H groups in total. The molecule has 2 aromatic heterocycles. The van der Waals surface area contributed by atoms with Crippen molar-refractivity contribution in [2.45, 2.75) is 19.1 Å². The number of nitrogens with zero attached hydrogens (tertiary/aromatic N) is 4. The van der Waals surface area contributed by atoms with Gasteiger partial charge in [0.15, 0.2) is 0 Å². The lowest BCUT2D eigenvalue weighted by atomic mass is 10.0. The standard InChI is InChI=1S/C13H16N4OS/c18-13-8-17(7-12-5-15-9-19-12)6-10(13)3-11-4-14-1-2-16-11/h1-2,4-5,9-10,13,18H,3,6-8H2/t10-,13-/m1/s1. The summed E-state index contributed by atoms with van der Waals surface area (Å²) in [4.78, 5) is 15.9. The van der Waals surface area contributed by atoms with E-state index in [-0.39, 0.29) is 12.0 Å². The fourth-order valence-corrected chi connectivity index (χ4v) is 3.15. The number of aromatic nitrogens is 3. The van der Waals surface area contributed by atoms with E-state index in [1.807, 2.05) is 11.7 Å². The van der Waals surface area contributed by atoms with E-state index < -0.39 is 0 Å². The van der Waals surface area contributed by atoms with Crippen LogP contribution in [0.25, 0.3) is 0 Å². The third kappa shape index (κ3) is 3.15. The Kier molecular flexibility index (Phi) is 3.82. The second kappa shape index (κ2) is 5.73. The predicted octanol–water partition coefficient (Wildman–Crippen LogP) is 0.968. The molecule has 6 heteroatoms. The molecule has 1 aliphatic rings. The summed E-state index contributed by atoms with van der Waals surface area (Å²) in [6, 6.07) is 0. The molecular formula is C13H16N4OS.